The van der Waals surface area contributed by atoms with Gasteiger partial charge in [-0.05, 0) is 23.3 Å². The molecule has 2 heterocycles. The first-order chi connectivity index (χ1) is 16.2. The van der Waals surface area contributed by atoms with Gasteiger partial charge in [0.05, 0.1) is 0 Å². The minimum atomic E-state index is -1.39. The molecule has 0 aliphatic carbocycles. The Hall–Kier alpha value is -4.19. The molecule has 174 valence electrons. The van der Waals surface area contributed by atoms with Crippen molar-refractivity contribution in [3.63, 3.8) is 0 Å². The molecule has 1 fully saturated rings. The second-order valence-corrected chi connectivity index (χ2v) is 8.19. The summed E-state index contributed by atoms with van der Waals surface area (Å²) in [7, 11) is 0. The van der Waals surface area contributed by atoms with E-state index < -0.39 is 47.5 Å². The maximum absolute atomic E-state index is 13.7. The molecule has 2 unspecified atom stereocenters. The SMILES string of the molecule is O=C(O)c1csc(NC(=O)C(Cc2ccccc2)N2C(=O)NC(c3cc(F)cc(F)c3)C2=O)n1. The van der Waals surface area contributed by atoms with Gasteiger partial charge in [-0.2, -0.15) is 0 Å². The molecule has 1 aromatic heterocycles. The number of carbonyl (C=O) groups is 4. The largest absolute Gasteiger partial charge is 0.476 e. The van der Waals surface area contributed by atoms with E-state index in [0.717, 1.165) is 23.5 Å². The lowest BCUT2D eigenvalue weighted by molar-refractivity contribution is -0.134. The molecule has 0 saturated carbocycles. The van der Waals surface area contributed by atoms with Gasteiger partial charge in [0.1, 0.15) is 23.7 Å². The summed E-state index contributed by atoms with van der Waals surface area (Å²) in [4.78, 5) is 54.6. The maximum atomic E-state index is 13.7. The van der Waals surface area contributed by atoms with Crippen LogP contribution in [-0.2, 0) is 16.0 Å². The molecule has 4 amide bonds. The molecule has 2 aromatic carbocycles. The topological polar surface area (TPSA) is 129 Å². The number of nitrogens with zero attached hydrogens (tertiary/aromatic N) is 2. The lowest BCUT2D eigenvalue weighted by atomic mass is 10.0. The van der Waals surface area contributed by atoms with E-state index in [4.69, 9.17) is 5.11 Å². The van der Waals surface area contributed by atoms with E-state index in [1.54, 1.807) is 30.3 Å². The first-order valence-electron chi connectivity index (χ1n) is 9.86. The highest BCUT2D eigenvalue weighted by Crippen LogP contribution is 2.27. The molecule has 12 heteroatoms. The number of carboxylic acid groups (broad SMARTS) is 1. The highest BCUT2D eigenvalue weighted by atomic mass is 32.1. The molecule has 4 rings (SSSR count). The lowest BCUT2D eigenvalue weighted by Crippen LogP contribution is -2.49. The minimum absolute atomic E-state index is 0.0312. The monoisotopic (exact) mass is 486 g/mol. The van der Waals surface area contributed by atoms with E-state index >= 15 is 0 Å². The standard InChI is InChI=1S/C22H16F2N4O5S/c23-13-7-12(8-14(24)9-13)17-19(30)28(22(33)26-17)16(6-11-4-2-1-3-5-11)18(29)27-21-25-15(10-34-21)20(31)32/h1-5,7-10,16-17H,6H2,(H,26,33)(H,31,32)(H,25,27,29). The van der Waals surface area contributed by atoms with E-state index in [9.17, 15) is 28.0 Å². The summed E-state index contributed by atoms with van der Waals surface area (Å²) in [5.74, 6) is -4.78. The third kappa shape index (κ3) is 4.76. The number of rotatable bonds is 7. The van der Waals surface area contributed by atoms with Crippen LogP contribution in [0.5, 0.6) is 0 Å². The van der Waals surface area contributed by atoms with Gasteiger partial charge < -0.3 is 15.7 Å². The quantitative estimate of drug-likeness (QED) is 0.441. The van der Waals surface area contributed by atoms with Gasteiger partial charge in [0.2, 0.25) is 5.91 Å². The summed E-state index contributed by atoms with van der Waals surface area (Å²) < 4.78 is 27.4. The number of benzene rings is 2. The highest BCUT2D eigenvalue weighted by Gasteiger charge is 2.45. The number of urea groups is 1. The highest BCUT2D eigenvalue weighted by molar-refractivity contribution is 7.14. The zero-order valence-corrected chi connectivity index (χ0v) is 18.0. The molecule has 1 aliphatic rings. The number of carbonyl (C=O) groups excluding carboxylic acids is 3. The van der Waals surface area contributed by atoms with E-state index in [1.165, 1.54) is 5.38 Å². The van der Waals surface area contributed by atoms with Crippen LogP contribution in [0.3, 0.4) is 0 Å². The molecule has 2 atom stereocenters. The van der Waals surface area contributed by atoms with Crippen molar-refractivity contribution in [1.29, 1.82) is 0 Å². The van der Waals surface area contributed by atoms with Gasteiger partial charge in [-0.25, -0.2) is 28.3 Å². The van der Waals surface area contributed by atoms with Crippen LogP contribution in [0.4, 0.5) is 18.7 Å². The van der Waals surface area contributed by atoms with Gasteiger partial charge in [0.15, 0.2) is 10.8 Å². The van der Waals surface area contributed by atoms with E-state index in [-0.39, 0.29) is 22.8 Å². The van der Waals surface area contributed by atoms with E-state index in [2.05, 4.69) is 15.6 Å². The van der Waals surface area contributed by atoms with Crippen LogP contribution < -0.4 is 10.6 Å². The molecular formula is C22H16F2N4O5S. The molecule has 0 spiro atoms. The van der Waals surface area contributed by atoms with Crippen LogP contribution in [0.1, 0.15) is 27.7 Å². The van der Waals surface area contributed by atoms with Gasteiger partial charge in [-0.15, -0.1) is 11.3 Å². The van der Waals surface area contributed by atoms with Crippen molar-refractivity contribution in [3.05, 3.63) is 82.4 Å². The number of imide groups is 1. The summed E-state index contributed by atoms with van der Waals surface area (Å²) >= 11 is 0.863. The van der Waals surface area contributed by atoms with Crippen molar-refractivity contribution >= 4 is 40.3 Å². The number of anilines is 1. The van der Waals surface area contributed by atoms with Gasteiger partial charge in [-0.3, -0.25) is 9.59 Å². The number of amides is 4. The summed E-state index contributed by atoms with van der Waals surface area (Å²) in [6, 6.07) is 7.41. The fourth-order valence-electron chi connectivity index (χ4n) is 3.51. The van der Waals surface area contributed by atoms with Crippen molar-refractivity contribution in [2.75, 3.05) is 5.32 Å². The molecular weight excluding hydrogens is 470 g/mol. The van der Waals surface area contributed by atoms with Crippen LogP contribution in [0, 0.1) is 11.6 Å². The first kappa shape index (κ1) is 23.0. The second kappa shape index (κ2) is 9.35. The number of halogens is 2. The minimum Gasteiger partial charge on any atom is -0.476 e. The third-order valence-corrected chi connectivity index (χ3v) is 5.79. The van der Waals surface area contributed by atoms with Crippen molar-refractivity contribution in [3.8, 4) is 0 Å². The molecule has 0 bridgehead atoms. The normalized spacial score (nSPS) is 16.3. The molecule has 1 saturated heterocycles. The predicted octanol–water partition coefficient (Wildman–Crippen LogP) is 2.96. The molecule has 3 aromatic rings. The fraction of sp³-hybridized carbons (Fsp3) is 0.136. The van der Waals surface area contributed by atoms with Gasteiger partial charge >= 0.3 is 12.0 Å². The Bertz CT molecular complexity index is 1260. The van der Waals surface area contributed by atoms with Crippen molar-refractivity contribution in [2.45, 2.75) is 18.5 Å². The van der Waals surface area contributed by atoms with Crippen molar-refractivity contribution < 1.29 is 33.1 Å². The Kier molecular flexibility index (Phi) is 6.32. The van der Waals surface area contributed by atoms with Crippen LogP contribution in [0.15, 0.2) is 53.9 Å². The summed E-state index contributed by atoms with van der Waals surface area (Å²) in [5.41, 5.74) is 0.250. The summed E-state index contributed by atoms with van der Waals surface area (Å²) in [6.45, 7) is 0. The maximum Gasteiger partial charge on any atom is 0.355 e. The Morgan fingerprint density at radius 2 is 1.82 bits per heavy atom. The van der Waals surface area contributed by atoms with Gasteiger partial charge in [0.25, 0.3) is 5.91 Å². The number of aromatic carboxylic acids is 1. The van der Waals surface area contributed by atoms with Crippen LogP contribution in [0.25, 0.3) is 0 Å². The molecule has 34 heavy (non-hydrogen) atoms. The van der Waals surface area contributed by atoms with E-state index in [0.29, 0.717) is 16.5 Å². The van der Waals surface area contributed by atoms with Gasteiger partial charge in [0, 0.05) is 17.9 Å². The summed E-state index contributed by atoms with van der Waals surface area (Å²) in [6.07, 6.45) is -0.0623. The fourth-order valence-corrected chi connectivity index (χ4v) is 4.20. The molecule has 0 radical (unpaired) electrons. The first-order valence-corrected chi connectivity index (χ1v) is 10.7. The molecule has 3 N–H and O–H groups in total. The zero-order valence-electron chi connectivity index (χ0n) is 17.2. The average molecular weight is 486 g/mol. The molecule has 9 nitrogen and oxygen atoms in total. The number of nitrogens with one attached hydrogen (secondary N) is 2. The number of thiazole rings is 1. The number of aromatic nitrogens is 1. The van der Waals surface area contributed by atoms with Gasteiger partial charge in [-0.1, -0.05) is 30.3 Å². The zero-order chi connectivity index (χ0) is 24.4. The Morgan fingerprint density at radius 1 is 1.15 bits per heavy atom. The smallest absolute Gasteiger partial charge is 0.355 e. The van der Waals surface area contributed by atoms with Crippen molar-refractivity contribution in [2.24, 2.45) is 0 Å². The lowest BCUT2D eigenvalue weighted by Gasteiger charge is -2.24. The third-order valence-electron chi connectivity index (χ3n) is 5.03. The number of hydrogen-bond donors (Lipinski definition) is 3. The summed E-state index contributed by atoms with van der Waals surface area (Å²) in [5, 5.41) is 15.0. The second-order valence-electron chi connectivity index (χ2n) is 7.33. The Morgan fingerprint density at radius 3 is 2.44 bits per heavy atom. The van der Waals surface area contributed by atoms with Crippen LogP contribution in [-0.4, -0.2) is 44.8 Å². The number of carboxylic acids is 1. The van der Waals surface area contributed by atoms with E-state index in [1.807, 2.05) is 0 Å². The Balaban J connectivity index is 1.64. The Labute approximate surface area is 195 Å². The van der Waals surface area contributed by atoms with Crippen LogP contribution in [0.2, 0.25) is 0 Å². The predicted molar refractivity (Wildman–Crippen MR) is 116 cm³/mol. The van der Waals surface area contributed by atoms with Crippen LogP contribution >= 0.6 is 11.3 Å². The van der Waals surface area contributed by atoms with Crippen molar-refractivity contribution in [1.82, 2.24) is 15.2 Å². The average Bonchev–Trinajstić information content (AvgIpc) is 3.36. The number of hydrogen-bond acceptors (Lipinski definition) is 6. The molecule has 1 aliphatic heterocycles.